The van der Waals surface area contributed by atoms with Crippen LogP contribution < -0.4 is 9.80 Å². The van der Waals surface area contributed by atoms with E-state index < -0.39 is 6.04 Å². The summed E-state index contributed by atoms with van der Waals surface area (Å²) in [6.45, 7) is 1.99. The Labute approximate surface area is 179 Å². The van der Waals surface area contributed by atoms with Gasteiger partial charge in [0.1, 0.15) is 17.6 Å². The number of fused-ring (bicyclic) bond motifs is 1. The van der Waals surface area contributed by atoms with E-state index in [9.17, 15) is 4.79 Å². The van der Waals surface area contributed by atoms with Crippen molar-refractivity contribution in [2.75, 3.05) is 16.8 Å². The highest BCUT2D eigenvalue weighted by molar-refractivity contribution is 6.05. The van der Waals surface area contributed by atoms with E-state index in [4.69, 9.17) is 4.98 Å². The second-order valence-electron chi connectivity index (χ2n) is 7.40. The van der Waals surface area contributed by atoms with Crippen molar-refractivity contribution >= 4 is 23.2 Å². The lowest BCUT2D eigenvalue weighted by Crippen LogP contribution is -2.50. The van der Waals surface area contributed by atoms with E-state index >= 15 is 0 Å². The summed E-state index contributed by atoms with van der Waals surface area (Å²) in [6.07, 6.45) is 7.73. The molecule has 5 rings (SSSR count). The molecule has 0 bridgehead atoms. The number of aromatic nitrogens is 6. The average Bonchev–Trinajstić information content (AvgIpc) is 3.45. The number of likely N-dealkylation sites (N-methyl/N-ethyl adjacent to an activating group) is 1. The summed E-state index contributed by atoms with van der Waals surface area (Å²) in [5, 5.41) is 4.54. The summed E-state index contributed by atoms with van der Waals surface area (Å²) in [6, 6.07) is 11.4. The van der Waals surface area contributed by atoms with Crippen molar-refractivity contribution in [2.45, 2.75) is 19.4 Å². The van der Waals surface area contributed by atoms with E-state index in [0.717, 1.165) is 11.4 Å². The van der Waals surface area contributed by atoms with Gasteiger partial charge < -0.3 is 4.90 Å². The molecule has 9 heteroatoms. The molecule has 0 radical (unpaired) electrons. The second kappa shape index (κ2) is 7.35. The SMILES string of the molecule is CC[C@@H]1C(=O)N(C)c2cnc(-n3ccnc3-c3ccccc3)nc2N1c1ccn(C)n1. The molecule has 0 saturated heterocycles. The molecule has 1 atom stereocenters. The fraction of sp³-hybridized carbons (Fsp3) is 0.227. The van der Waals surface area contributed by atoms with Crippen LogP contribution in [0.15, 0.2) is 61.2 Å². The minimum absolute atomic E-state index is 0.00962. The molecule has 156 valence electrons. The quantitative estimate of drug-likeness (QED) is 0.510. The zero-order chi connectivity index (χ0) is 21.5. The summed E-state index contributed by atoms with van der Waals surface area (Å²) < 4.78 is 3.57. The van der Waals surface area contributed by atoms with E-state index in [1.807, 2.05) is 72.2 Å². The Morgan fingerprint density at radius 3 is 2.55 bits per heavy atom. The zero-order valence-electron chi connectivity index (χ0n) is 17.5. The number of imidazole rings is 1. The maximum absolute atomic E-state index is 13.0. The molecule has 1 aliphatic heterocycles. The number of anilines is 3. The number of carbonyl (C=O) groups is 1. The number of benzene rings is 1. The lowest BCUT2D eigenvalue weighted by atomic mass is 10.1. The van der Waals surface area contributed by atoms with E-state index in [0.29, 0.717) is 29.7 Å². The predicted octanol–water partition coefficient (Wildman–Crippen LogP) is 2.96. The van der Waals surface area contributed by atoms with Crippen molar-refractivity contribution in [2.24, 2.45) is 7.05 Å². The second-order valence-corrected chi connectivity index (χ2v) is 7.40. The maximum atomic E-state index is 13.0. The normalized spacial score (nSPS) is 16.0. The smallest absolute Gasteiger partial charge is 0.250 e. The monoisotopic (exact) mass is 414 g/mol. The van der Waals surface area contributed by atoms with Gasteiger partial charge >= 0.3 is 0 Å². The van der Waals surface area contributed by atoms with Gasteiger partial charge in [-0.05, 0) is 6.42 Å². The Kier molecular flexibility index (Phi) is 4.50. The average molecular weight is 414 g/mol. The molecule has 1 aliphatic rings. The molecular weight excluding hydrogens is 392 g/mol. The standard InChI is InChI=1S/C22H22N8O/c1-4-16-21(31)28(3)17-14-24-22(25-20(17)30(16)18-10-12-27(2)26-18)29-13-11-23-19(29)15-8-6-5-7-9-15/h5-14,16H,4H2,1-3H3/t16-/m1/s1. The fourth-order valence-corrected chi connectivity index (χ4v) is 3.91. The van der Waals surface area contributed by atoms with Crippen LogP contribution in [0.2, 0.25) is 0 Å². The van der Waals surface area contributed by atoms with Crippen LogP contribution in [0.3, 0.4) is 0 Å². The molecule has 0 spiro atoms. The first-order chi connectivity index (χ1) is 15.1. The van der Waals surface area contributed by atoms with Crippen molar-refractivity contribution in [3.8, 4) is 17.3 Å². The number of hydrogen-bond donors (Lipinski definition) is 0. The largest absolute Gasteiger partial charge is 0.309 e. The van der Waals surface area contributed by atoms with Crippen LogP contribution in [0.5, 0.6) is 0 Å². The Bertz CT molecular complexity index is 1250. The highest BCUT2D eigenvalue weighted by atomic mass is 16.2. The lowest BCUT2D eigenvalue weighted by Gasteiger charge is -2.39. The summed E-state index contributed by atoms with van der Waals surface area (Å²) in [4.78, 5) is 30.5. The van der Waals surface area contributed by atoms with Crippen molar-refractivity contribution in [3.05, 3.63) is 61.2 Å². The molecule has 4 aromatic rings. The molecule has 0 aliphatic carbocycles. The van der Waals surface area contributed by atoms with E-state index in [-0.39, 0.29) is 5.91 Å². The van der Waals surface area contributed by atoms with Gasteiger partial charge in [0.2, 0.25) is 11.9 Å². The van der Waals surface area contributed by atoms with Gasteiger partial charge in [-0.1, -0.05) is 37.3 Å². The minimum Gasteiger partial charge on any atom is -0.309 e. The molecule has 31 heavy (non-hydrogen) atoms. The van der Waals surface area contributed by atoms with Gasteiger partial charge in [-0.2, -0.15) is 10.1 Å². The molecule has 9 nitrogen and oxygen atoms in total. The highest BCUT2D eigenvalue weighted by Crippen LogP contribution is 2.39. The van der Waals surface area contributed by atoms with Gasteiger partial charge in [0, 0.05) is 44.3 Å². The Morgan fingerprint density at radius 1 is 1.03 bits per heavy atom. The number of carbonyl (C=O) groups excluding carboxylic acids is 1. The zero-order valence-corrected chi connectivity index (χ0v) is 17.5. The third-order valence-corrected chi connectivity index (χ3v) is 5.48. The number of rotatable bonds is 4. The molecule has 0 unspecified atom stereocenters. The molecule has 4 heterocycles. The van der Waals surface area contributed by atoms with Gasteiger partial charge in [0.15, 0.2) is 11.6 Å². The molecule has 1 aromatic carbocycles. The van der Waals surface area contributed by atoms with Crippen LogP contribution in [-0.2, 0) is 11.8 Å². The van der Waals surface area contributed by atoms with Crippen LogP contribution in [0.1, 0.15) is 13.3 Å². The molecule has 0 N–H and O–H groups in total. The molecule has 3 aromatic heterocycles. The lowest BCUT2D eigenvalue weighted by molar-refractivity contribution is -0.119. The Morgan fingerprint density at radius 2 is 1.84 bits per heavy atom. The van der Waals surface area contributed by atoms with Gasteiger partial charge in [-0.25, -0.2) is 9.97 Å². The topological polar surface area (TPSA) is 85.0 Å². The highest BCUT2D eigenvalue weighted by Gasteiger charge is 2.39. The first-order valence-electron chi connectivity index (χ1n) is 10.1. The molecule has 1 amide bonds. The van der Waals surface area contributed by atoms with Crippen molar-refractivity contribution < 1.29 is 4.79 Å². The molecule has 0 saturated carbocycles. The maximum Gasteiger partial charge on any atom is 0.250 e. The van der Waals surface area contributed by atoms with Crippen molar-refractivity contribution in [3.63, 3.8) is 0 Å². The Hall–Kier alpha value is -4.01. The number of aryl methyl sites for hydroxylation is 1. The first-order valence-corrected chi connectivity index (χ1v) is 10.1. The van der Waals surface area contributed by atoms with E-state index in [2.05, 4.69) is 15.1 Å². The first kappa shape index (κ1) is 19.0. The number of amides is 1. The molecule has 0 fully saturated rings. The van der Waals surface area contributed by atoms with E-state index in [1.54, 1.807) is 29.0 Å². The summed E-state index contributed by atoms with van der Waals surface area (Å²) in [5.41, 5.74) is 1.61. The fourth-order valence-electron chi connectivity index (χ4n) is 3.91. The summed E-state index contributed by atoms with van der Waals surface area (Å²) >= 11 is 0. The minimum atomic E-state index is -0.397. The number of hydrogen-bond acceptors (Lipinski definition) is 6. The Balaban J connectivity index is 1.68. The molecular formula is C22H22N8O. The van der Waals surface area contributed by atoms with Gasteiger partial charge in [-0.3, -0.25) is 18.9 Å². The van der Waals surface area contributed by atoms with Crippen LogP contribution in [0, 0.1) is 0 Å². The summed E-state index contributed by atoms with van der Waals surface area (Å²) in [5.74, 6) is 2.54. The van der Waals surface area contributed by atoms with Crippen molar-refractivity contribution in [1.29, 1.82) is 0 Å². The van der Waals surface area contributed by atoms with Gasteiger partial charge in [0.05, 0.1) is 6.20 Å². The van der Waals surface area contributed by atoms with E-state index in [1.165, 1.54) is 0 Å². The van der Waals surface area contributed by atoms with Crippen LogP contribution in [0.4, 0.5) is 17.3 Å². The van der Waals surface area contributed by atoms with Crippen LogP contribution in [0.25, 0.3) is 17.3 Å². The summed E-state index contributed by atoms with van der Waals surface area (Å²) in [7, 11) is 3.61. The van der Waals surface area contributed by atoms with Crippen LogP contribution in [-0.4, -0.2) is 48.3 Å². The van der Waals surface area contributed by atoms with Crippen LogP contribution >= 0.6 is 0 Å². The third-order valence-electron chi connectivity index (χ3n) is 5.48. The van der Waals surface area contributed by atoms with Gasteiger partial charge in [-0.15, -0.1) is 0 Å². The van der Waals surface area contributed by atoms with Gasteiger partial charge in [0.25, 0.3) is 0 Å². The third kappa shape index (κ3) is 3.05. The predicted molar refractivity (Wildman–Crippen MR) is 117 cm³/mol. The number of nitrogens with zero attached hydrogens (tertiary/aromatic N) is 8. The van der Waals surface area contributed by atoms with Crippen molar-refractivity contribution in [1.82, 2.24) is 29.3 Å².